The highest BCUT2D eigenvalue weighted by atomic mass is 127. The number of ether oxygens (including phenoxy) is 1. The van der Waals surface area contributed by atoms with Gasteiger partial charge in [-0.25, -0.2) is 0 Å². The Morgan fingerprint density at radius 2 is 2.13 bits per heavy atom. The van der Waals surface area contributed by atoms with Crippen molar-refractivity contribution < 1.29 is 14.5 Å². The van der Waals surface area contributed by atoms with Crippen LogP contribution in [0.3, 0.4) is 0 Å². The highest BCUT2D eigenvalue weighted by Gasteiger charge is 2.23. The number of halogens is 1. The summed E-state index contributed by atoms with van der Waals surface area (Å²) in [6, 6.07) is 2.93. The van der Waals surface area contributed by atoms with Crippen LogP contribution in [0.15, 0.2) is 12.1 Å². The predicted molar refractivity (Wildman–Crippen MR) is 62.4 cm³/mol. The molecule has 6 heteroatoms. The van der Waals surface area contributed by atoms with Gasteiger partial charge >= 0.3 is 0 Å². The lowest BCUT2D eigenvalue weighted by molar-refractivity contribution is -0.385. The van der Waals surface area contributed by atoms with Crippen LogP contribution in [0, 0.1) is 13.7 Å². The smallest absolute Gasteiger partial charge is 0.285 e. The van der Waals surface area contributed by atoms with E-state index in [1.165, 1.54) is 20.1 Å². The van der Waals surface area contributed by atoms with Gasteiger partial charge in [0.1, 0.15) is 11.3 Å². The van der Waals surface area contributed by atoms with Crippen LogP contribution in [0.25, 0.3) is 0 Å². The second-order valence-corrected chi connectivity index (χ2v) is 4.06. The largest absolute Gasteiger partial charge is 0.496 e. The molecule has 0 saturated heterocycles. The van der Waals surface area contributed by atoms with Crippen LogP contribution in [0.5, 0.6) is 5.75 Å². The molecule has 0 aliphatic heterocycles. The van der Waals surface area contributed by atoms with Crippen molar-refractivity contribution in [2.24, 2.45) is 0 Å². The molecule has 0 aliphatic rings. The zero-order chi connectivity index (χ0) is 11.6. The summed E-state index contributed by atoms with van der Waals surface area (Å²) in [5.74, 6) is -0.143. The molecule has 0 heterocycles. The van der Waals surface area contributed by atoms with Gasteiger partial charge in [-0.3, -0.25) is 14.9 Å². The first kappa shape index (κ1) is 11.9. The van der Waals surface area contributed by atoms with Crippen LogP contribution >= 0.6 is 22.6 Å². The first-order chi connectivity index (χ1) is 6.97. The van der Waals surface area contributed by atoms with Crippen molar-refractivity contribution in [1.82, 2.24) is 0 Å². The maximum atomic E-state index is 11.3. The van der Waals surface area contributed by atoms with E-state index in [1.54, 1.807) is 6.07 Å². The first-order valence-electron chi connectivity index (χ1n) is 4.00. The number of benzene rings is 1. The molecule has 0 atom stereocenters. The molecule has 0 amide bonds. The van der Waals surface area contributed by atoms with Crippen LogP contribution in [0.2, 0.25) is 0 Å². The Kier molecular flexibility index (Phi) is 3.61. The number of hydrogen-bond acceptors (Lipinski definition) is 4. The quantitative estimate of drug-likeness (QED) is 0.371. The zero-order valence-electron chi connectivity index (χ0n) is 8.11. The van der Waals surface area contributed by atoms with E-state index in [-0.39, 0.29) is 22.8 Å². The Hall–Kier alpha value is -1.18. The van der Waals surface area contributed by atoms with Gasteiger partial charge in [0, 0.05) is 9.64 Å². The molecule has 0 aliphatic carbocycles. The van der Waals surface area contributed by atoms with Gasteiger partial charge in [0.2, 0.25) is 0 Å². The minimum atomic E-state index is -0.582. The molecule has 15 heavy (non-hydrogen) atoms. The summed E-state index contributed by atoms with van der Waals surface area (Å²) in [5, 5.41) is 10.7. The van der Waals surface area contributed by atoms with Gasteiger partial charge in [0.05, 0.1) is 12.0 Å². The molecular formula is C9H8INO4. The maximum absolute atomic E-state index is 11.3. The Bertz CT molecular complexity index is 430. The fourth-order valence-electron chi connectivity index (χ4n) is 1.23. The average molecular weight is 321 g/mol. The molecule has 0 unspecified atom stereocenters. The molecule has 0 N–H and O–H groups in total. The minimum Gasteiger partial charge on any atom is -0.496 e. The van der Waals surface area contributed by atoms with Crippen molar-refractivity contribution in [3.8, 4) is 5.75 Å². The van der Waals surface area contributed by atoms with E-state index in [4.69, 9.17) is 4.74 Å². The number of nitrogens with zero attached hydrogens (tertiary/aromatic N) is 1. The van der Waals surface area contributed by atoms with Gasteiger partial charge in [-0.2, -0.15) is 0 Å². The van der Waals surface area contributed by atoms with E-state index in [2.05, 4.69) is 0 Å². The third-order valence-electron chi connectivity index (χ3n) is 1.81. The summed E-state index contributed by atoms with van der Waals surface area (Å²) >= 11 is 1.93. The van der Waals surface area contributed by atoms with Crippen molar-refractivity contribution in [2.75, 3.05) is 7.11 Å². The van der Waals surface area contributed by atoms with E-state index >= 15 is 0 Å². The lowest BCUT2D eigenvalue weighted by Gasteiger charge is -2.06. The highest BCUT2D eigenvalue weighted by molar-refractivity contribution is 14.1. The van der Waals surface area contributed by atoms with E-state index in [0.29, 0.717) is 3.57 Å². The number of ketones is 1. The van der Waals surface area contributed by atoms with Crippen LogP contribution in [0.4, 0.5) is 5.69 Å². The van der Waals surface area contributed by atoms with E-state index < -0.39 is 4.92 Å². The number of nitro benzene ring substituents is 1. The fourth-order valence-corrected chi connectivity index (χ4v) is 1.80. The number of carbonyl (C=O) groups excluding carboxylic acids is 1. The molecule has 80 valence electrons. The Morgan fingerprint density at radius 1 is 1.53 bits per heavy atom. The molecule has 0 fully saturated rings. The zero-order valence-corrected chi connectivity index (χ0v) is 10.3. The minimum absolute atomic E-state index is 0.0166. The summed E-state index contributed by atoms with van der Waals surface area (Å²) in [4.78, 5) is 21.4. The maximum Gasteiger partial charge on any atom is 0.285 e. The molecule has 0 aromatic heterocycles. The number of Topliss-reactive ketones (excluding diaryl/α,β-unsaturated/α-hetero) is 1. The van der Waals surface area contributed by atoms with Crippen molar-refractivity contribution in [2.45, 2.75) is 6.92 Å². The molecule has 1 aromatic rings. The number of methoxy groups -OCH3 is 1. The Balaban J connectivity index is 3.54. The van der Waals surface area contributed by atoms with Crippen LogP contribution < -0.4 is 4.74 Å². The summed E-state index contributed by atoms with van der Waals surface area (Å²) in [6.45, 7) is 1.28. The van der Waals surface area contributed by atoms with Crippen molar-refractivity contribution in [3.63, 3.8) is 0 Å². The second-order valence-electron chi connectivity index (χ2n) is 2.82. The summed E-state index contributed by atoms with van der Waals surface area (Å²) < 4.78 is 5.60. The van der Waals surface area contributed by atoms with Gasteiger partial charge in [-0.15, -0.1) is 0 Å². The summed E-state index contributed by atoms with van der Waals surface area (Å²) in [6.07, 6.45) is 0. The summed E-state index contributed by atoms with van der Waals surface area (Å²) in [5.41, 5.74) is -0.200. The molecular weight excluding hydrogens is 313 g/mol. The van der Waals surface area contributed by atoms with E-state index in [9.17, 15) is 14.9 Å². The van der Waals surface area contributed by atoms with Crippen LogP contribution in [0.1, 0.15) is 17.3 Å². The van der Waals surface area contributed by atoms with E-state index in [1.807, 2.05) is 22.6 Å². The molecule has 5 nitrogen and oxygen atoms in total. The predicted octanol–water partition coefficient (Wildman–Crippen LogP) is 2.41. The molecule has 1 aromatic carbocycles. The molecule has 0 saturated carbocycles. The first-order valence-corrected chi connectivity index (χ1v) is 5.08. The van der Waals surface area contributed by atoms with E-state index in [0.717, 1.165) is 0 Å². The Morgan fingerprint density at radius 3 is 2.53 bits per heavy atom. The van der Waals surface area contributed by atoms with Crippen molar-refractivity contribution in [1.29, 1.82) is 0 Å². The molecule has 0 spiro atoms. The standard InChI is InChI=1S/C9H8INO4/c1-5(12)9-7(11(13)14)3-6(10)4-8(9)15-2/h3-4H,1-2H3. The van der Waals surface area contributed by atoms with Gasteiger partial charge in [0.25, 0.3) is 5.69 Å². The number of hydrogen-bond donors (Lipinski definition) is 0. The average Bonchev–Trinajstić information content (AvgIpc) is 2.15. The van der Waals surface area contributed by atoms with Gasteiger partial charge in [-0.05, 0) is 35.6 Å². The topological polar surface area (TPSA) is 69.4 Å². The normalized spacial score (nSPS) is 9.80. The van der Waals surface area contributed by atoms with Gasteiger partial charge < -0.3 is 4.74 Å². The SMILES string of the molecule is COc1cc(I)cc([N+](=O)[O-])c1C(C)=O. The third kappa shape index (κ3) is 2.44. The van der Waals surface area contributed by atoms with Crippen LogP contribution in [-0.4, -0.2) is 17.8 Å². The van der Waals surface area contributed by atoms with Crippen LogP contribution in [-0.2, 0) is 0 Å². The van der Waals surface area contributed by atoms with Crippen molar-refractivity contribution >= 4 is 34.1 Å². The molecule has 0 radical (unpaired) electrons. The Labute approximate surface area is 99.7 Å². The number of nitro groups is 1. The molecule has 0 bridgehead atoms. The second kappa shape index (κ2) is 4.56. The number of carbonyl (C=O) groups is 1. The van der Waals surface area contributed by atoms with Gasteiger partial charge in [0.15, 0.2) is 5.78 Å². The lowest BCUT2D eigenvalue weighted by Crippen LogP contribution is -2.04. The summed E-state index contributed by atoms with van der Waals surface area (Å²) in [7, 11) is 1.38. The fraction of sp³-hybridized carbons (Fsp3) is 0.222. The lowest BCUT2D eigenvalue weighted by atomic mass is 10.1. The monoisotopic (exact) mass is 321 g/mol. The third-order valence-corrected chi connectivity index (χ3v) is 2.44. The van der Waals surface area contributed by atoms with Crippen molar-refractivity contribution in [3.05, 3.63) is 31.4 Å². The highest BCUT2D eigenvalue weighted by Crippen LogP contribution is 2.31. The molecule has 1 rings (SSSR count). The van der Waals surface area contributed by atoms with Gasteiger partial charge in [-0.1, -0.05) is 0 Å². The number of rotatable bonds is 3.